The quantitative estimate of drug-likeness (QED) is 0.820. The molecule has 1 saturated heterocycles. The van der Waals surface area contributed by atoms with Gasteiger partial charge in [0.2, 0.25) is 0 Å². The van der Waals surface area contributed by atoms with Crippen LogP contribution < -0.4 is 0 Å². The summed E-state index contributed by atoms with van der Waals surface area (Å²) in [5, 5.41) is 0. The van der Waals surface area contributed by atoms with Crippen LogP contribution in [0.15, 0.2) is 42.7 Å². The van der Waals surface area contributed by atoms with Crippen molar-refractivity contribution < 1.29 is 0 Å². The Balaban J connectivity index is 1.41. The summed E-state index contributed by atoms with van der Waals surface area (Å²) in [5.41, 5.74) is 1.40. The Morgan fingerprint density at radius 1 is 1.17 bits per heavy atom. The topological polar surface area (TPSA) is 24.3 Å². The smallest absolute Gasteiger partial charge is 0.122 e. The molecule has 0 amide bonds. The first kappa shape index (κ1) is 16.2. The molecule has 3 rings (SSSR count). The van der Waals surface area contributed by atoms with Crippen LogP contribution in [-0.4, -0.2) is 46.0 Å². The van der Waals surface area contributed by atoms with Gasteiger partial charge in [0.1, 0.15) is 5.82 Å². The molecule has 2 aromatic rings. The van der Waals surface area contributed by atoms with Crippen LogP contribution in [0.3, 0.4) is 0 Å². The predicted octanol–water partition coefficient (Wildman–Crippen LogP) is 2.76. The molecule has 1 aromatic heterocycles. The second-order valence-corrected chi connectivity index (χ2v) is 6.86. The van der Waals surface area contributed by atoms with Crippen LogP contribution in [0.5, 0.6) is 0 Å². The van der Waals surface area contributed by atoms with E-state index in [-0.39, 0.29) is 0 Å². The van der Waals surface area contributed by atoms with E-state index in [1.165, 1.54) is 43.9 Å². The largest absolute Gasteiger partial charge is 0.337 e. The Kier molecular flexibility index (Phi) is 5.47. The Hall–Kier alpha value is -1.65. The zero-order chi connectivity index (χ0) is 16.1. The molecule has 0 aliphatic carbocycles. The average molecular weight is 312 g/mol. The first-order valence-electron chi connectivity index (χ1n) is 8.62. The van der Waals surface area contributed by atoms with Crippen molar-refractivity contribution in [2.24, 2.45) is 13.0 Å². The number of aromatic nitrogens is 2. The monoisotopic (exact) mass is 312 g/mol. The molecule has 0 spiro atoms. The van der Waals surface area contributed by atoms with Crippen LogP contribution in [0.1, 0.15) is 24.2 Å². The fraction of sp³-hybridized carbons (Fsp3) is 0.526. The highest BCUT2D eigenvalue weighted by molar-refractivity contribution is 5.14. The first-order valence-corrected chi connectivity index (χ1v) is 8.62. The van der Waals surface area contributed by atoms with E-state index in [0.717, 1.165) is 19.0 Å². The van der Waals surface area contributed by atoms with Crippen LogP contribution in [-0.2, 0) is 20.1 Å². The number of rotatable bonds is 6. The molecule has 1 aliphatic heterocycles. The minimum Gasteiger partial charge on any atom is -0.337 e. The minimum atomic E-state index is 0.821. The summed E-state index contributed by atoms with van der Waals surface area (Å²) in [4.78, 5) is 9.44. The molecule has 0 unspecified atom stereocenters. The second kappa shape index (κ2) is 7.75. The van der Waals surface area contributed by atoms with Gasteiger partial charge in [-0.1, -0.05) is 30.3 Å². The fourth-order valence-electron chi connectivity index (χ4n) is 3.48. The Labute approximate surface area is 139 Å². The van der Waals surface area contributed by atoms with Gasteiger partial charge in [0, 0.05) is 32.5 Å². The maximum Gasteiger partial charge on any atom is 0.122 e. The average Bonchev–Trinajstić information content (AvgIpc) is 2.95. The molecule has 1 fully saturated rings. The highest BCUT2D eigenvalue weighted by Gasteiger charge is 2.21. The molecule has 4 heteroatoms. The molecular formula is C19H28N4. The van der Waals surface area contributed by atoms with Gasteiger partial charge in [-0.2, -0.15) is 0 Å². The SMILES string of the molecule is CN(Cc1ccccc1)CC1CCN(Cc2nccn2C)CC1. The lowest BCUT2D eigenvalue weighted by atomic mass is 9.96. The first-order chi connectivity index (χ1) is 11.2. The van der Waals surface area contributed by atoms with E-state index in [1.54, 1.807) is 0 Å². The van der Waals surface area contributed by atoms with Gasteiger partial charge >= 0.3 is 0 Å². The number of piperidine rings is 1. The maximum absolute atomic E-state index is 4.44. The third-order valence-corrected chi connectivity index (χ3v) is 4.86. The van der Waals surface area contributed by atoms with Gasteiger partial charge in [-0.15, -0.1) is 0 Å². The van der Waals surface area contributed by atoms with E-state index < -0.39 is 0 Å². The Bertz CT molecular complexity index is 584. The molecule has 0 bridgehead atoms. The summed E-state index contributed by atoms with van der Waals surface area (Å²) in [5.74, 6) is 1.99. The molecule has 4 nitrogen and oxygen atoms in total. The number of imidazole rings is 1. The fourth-order valence-corrected chi connectivity index (χ4v) is 3.48. The lowest BCUT2D eigenvalue weighted by Gasteiger charge is -2.33. The van der Waals surface area contributed by atoms with Crippen molar-refractivity contribution in [2.45, 2.75) is 25.9 Å². The van der Waals surface area contributed by atoms with E-state index >= 15 is 0 Å². The molecule has 0 radical (unpaired) electrons. The van der Waals surface area contributed by atoms with Gasteiger partial charge in [-0.3, -0.25) is 4.90 Å². The third kappa shape index (κ3) is 4.66. The summed E-state index contributed by atoms with van der Waals surface area (Å²) in [6, 6.07) is 10.8. The van der Waals surface area contributed by atoms with Crippen molar-refractivity contribution in [3.8, 4) is 0 Å². The highest BCUT2D eigenvalue weighted by atomic mass is 15.2. The number of hydrogen-bond acceptors (Lipinski definition) is 3. The van der Waals surface area contributed by atoms with Crippen molar-refractivity contribution in [3.63, 3.8) is 0 Å². The lowest BCUT2D eigenvalue weighted by molar-refractivity contribution is 0.144. The third-order valence-electron chi connectivity index (χ3n) is 4.86. The van der Waals surface area contributed by atoms with Crippen LogP contribution in [0.4, 0.5) is 0 Å². The van der Waals surface area contributed by atoms with Crippen molar-refractivity contribution in [2.75, 3.05) is 26.7 Å². The van der Waals surface area contributed by atoms with E-state index in [9.17, 15) is 0 Å². The van der Waals surface area contributed by atoms with Crippen molar-refractivity contribution in [1.82, 2.24) is 19.4 Å². The molecule has 1 aliphatic rings. The summed E-state index contributed by atoms with van der Waals surface area (Å²) >= 11 is 0. The zero-order valence-corrected chi connectivity index (χ0v) is 14.4. The zero-order valence-electron chi connectivity index (χ0n) is 14.4. The normalized spacial score (nSPS) is 17.0. The van der Waals surface area contributed by atoms with Crippen molar-refractivity contribution >= 4 is 0 Å². The number of likely N-dealkylation sites (tertiary alicyclic amines) is 1. The highest BCUT2D eigenvalue weighted by Crippen LogP contribution is 2.20. The summed E-state index contributed by atoms with van der Waals surface area (Å²) in [7, 11) is 4.32. The molecule has 0 N–H and O–H groups in total. The second-order valence-electron chi connectivity index (χ2n) is 6.86. The molecule has 2 heterocycles. The summed E-state index contributed by atoms with van der Waals surface area (Å²) in [6.07, 6.45) is 6.51. The Morgan fingerprint density at radius 3 is 2.57 bits per heavy atom. The van der Waals surface area contributed by atoms with Crippen LogP contribution in [0.25, 0.3) is 0 Å². The number of benzene rings is 1. The molecule has 124 valence electrons. The van der Waals surface area contributed by atoms with E-state index in [0.29, 0.717) is 0 Å². The molecule has 0 saturated carbocycles. The summed E-state index contributed by atoms with van der Waals surface area (Å²) < 4.78 is 2.12. The molecule has 0 atom stereocenters. The van der Waals surface area contributed by atoms with Crippen molar-refractivity contribution in [3.05, 3.63) is 54.1 Å². The molecule has 23 heavy (non-hydrogen) atoms. The number of hydrogen-bond donors (Lipinski definition) is 0. The molecular weight excluding hydrogens is 284 g/mol. The van der Waals surface area contributed by atoms with E-state index in [2.05, 4.69) is 63.8 Å². The summed E-state index contributed by atoms with van der Waals surface area (Å²) in [6.45, 7) is 5.61. The number of nitrogens with zero attached hydrogens (tertiary/aromatic N) is 4. The van der Waals surface area contributed by atoms with Gasteiger partial charge in [-0.05, 0) is 44.5 Å². The van der Waals surface area contributed by atoms with E-state index in [4.69, 9.17) is 0 Å². The van der Waals surface area contributed by atoms with Gasteiger partial charge < -0.3 is 9.47 Å². The van der Waals surface area contributed by atoms with Crippen LogP contribution in [0, 0.1) is 5.92 Å². The van der Waals surface area contributed by atoms with E-state index in [1.807, 2.05) is 12.4 Å². The van der Waals surface area contributed by atoms with Crippen LogP contribution >= 0.6 is 0 Å². The Morgan fingerprint density at radius 2 is 1.91 bits per heavy atom. The van der Waals surface area contributed by atoms with Gasteiger partial charge in [0.15, 0.2) is 0 Å². The van der Waals surface area contributed by atoms with Crippen LogP contribution in [0.2, 0.25) is 0 Å². The van der Waals surface area contributed by atoms with Crippen molar-refractivity contribution in [1.29, 1.82) is 0 Å². The lowest BCUT2D eigenvalue weighted by Crippen LogP contribution is -2.37. The number of aryl methyl sites for hydroxylation is 1. The van der Waals surface area contributed by atoms with Gasteiger partial charge in [-0.25, -0.2) is 4.98 Å². The molecule has 1 aromatic carbocycles. The predicted molar refractivity (Wildman–Crippen MR) is 94.0 cm³/mol. The van der Waals surface area contributed by atoms with Gasteiger partial charge in [0.25, 0.3) is 0 Å². The maximum atomic E-state index is 4.44. The minimum absolute atomic E-state index is 0.821. The van der Waals surface area contributed by atoms with Gasteiger partial charge in [0.05, 0.1) is 6.54 Å². The standard InChI is InChI=1S/C19H28N4/c1-21(14-17-6-4-3-5-7-17)15-18-8-11-23(12-9-18)16-19-20-10-13-22(19)2/h3-7,10,13,18H,8-9,11-12,14-16H2,1-2H3.